The molecule has 3 heterocycles. The maximum atomic E-state index is 13.1. The molecule has 3 aromatic heterocycles. The van der Waals surface area contributed by atoms with Crippen molar-refractivity contribution in [3.63, 3.8) is 0 Å². The fourth-order valence-corrected chi connectivity index (χ4v) is 8.16. The molecule has 182 valence electrons. The molecule has 7 nitrogen and oxygen atoms in total. The van der Waals surface area contributed by atoms with E-state index in [0.717, 1.165) is 46.5 Å². The molecule has 4 saturated carbocycles. The first-order chi connectivity index (χ1) is 16.8. The van der Waals surface area contributed by atoms with Gasteiger partial charge in [0, 0.05) is 31.9 Å². The highest BCUT2D eigenvalue weighted by Crippen LogP contribution is 2.61. The van der Waals surface area contributed by atoms with Crippen molar-refractivity contribution in [2.24, 2.45) is 37.3 Å². The summed E-state index contributed by atoms with van der Waals surface area (Å²) in [4.78, 5) is 30.5. The van der Waals surface area contributed by atoms with Gasteiger partial charge in [-0.15, -0.1) is 0 Å². The van der Waals surface area contributed by atoms with Gasteiger partial charge in [-0.25, -0.2) is 4.79 Å². The van der Waals surface area contributed by atoms with Crippen molar-refractivity contribution in [2.75, 3.05) is 0 Å². The molecular weight excluding hydrogens is 462 g/mol. The number of benzene rings is 1. The number of hydrogen-bond donors (Lipinski definition) is 0. The average Bonchev–Trinajstić information content (AvgIpc) is 3.36. The number of aromatic nitrogens is 5. The Labute approximate surface area is 208 Å². The summed E-state index contributed by atoms with van der Waals surface area (Å²) in [6, 6.07) is 7.84. The molecule has 4 aliphatic rings. The van der Waals surface area contributed by atoms with Crippen LogP contribution >= 0.6 is 11.6 Å². The fraction of sp³-hybridized carbons (Fsp3) is 0.519. The van der Waals surface area contributed by atoms with Gasteiger partial charge in [0.25, 0.3) is 5.56 Å². The second-order valence-corrected chi connectivity index (χ2v) is 11.9. The molecule has 8 heteroatoms. The van der Waals surface area contributed by atoms with E-state index < -0.39 is 0 Å². The molecule has 4 aromatic rings. The van der Waals surface area contributed by atoms with E-state index in [1.807, 2.05) is 34.9 Å². The van der Waals surface area contributed by atoms with Gasteiger partial charge in [0.15, 0.2) is 11.2 Å². The van der Waals surface area contributed by atoms with Crippen LogP contribution < -0.4 is 11.2 Å². The molecular formula is C27H30ClN5O2. The molecule has 1 aromatic carbocycles. The maximum absolute atomic E-state index is 13.1. The third-order valence-electron chi connectivity index (χ3n) is 9.23. The van der Waals surface area contributed by atoms with E-state index in [1.54, 1.807) is 7.05 Å². The molecule has 4 fully saturated rings. The van der Waals surface area contributed by atoms with E-state index in [2.05, 4.69) is 4.57 Å². The predicted molar refractivity (Wildman–Crippen MR) is 137 cm³/mol. The molecule has 0 spiro atoms. The van der Waals surface area contributed by atoms with Crippen molar-refractivity contribution in [3.8, 4) is 11.3 Å². The lowest BCUT2D eigenvalue weighted by Crippen LogP contribution is -2.46. The van der Waals surface area contributed by atoms with Gasteiger partial charge in [0.05, 0.1) is 5.69 Å². The second-order valence-electron chi connectivity index (χ2n) is 11.5. The average molecular weight is 492 g/mol. The Bertz CT molecular complexity index is 1570. The van der Waals surface area contributed by atoms with Crippen molar-refractivity contribution < 1.29 is 0 Å². The summed E-state index contributed by atoms with van der Waals surface area (Å²) in [5.74, 6) is 3.45. The maximum Gasteiger partial charge on any atom is 0.332 e. The first-order valence-corrected chi connectivity index (χ1v) is 13.1. The summed E-state index contributed by atoms with van der Waals surface area (Å²) in [5.41, 5.74) is 2.68. The Kier molecular flexibility index (Phi) is 4.51. The van der Waals surface area contributed by atoms with E-state index in [-0.39, 0.29) is 11.2 Å². The molecule has 0 unspecified atom stereocenters. The quantitative estimate of drug-likeness (QED) is 0.418. The molecule has 0 aliphatic heterocycles. The standard InChI is InChI=1S/C27H30ClN5O2/c1-30-23-22(24(34)31(2)26(30)35)33-15-21(19-3-5-20(28)6-4-19)32(25(33)29-23)8-7-27-12-16-9-17(13-27)11-18(10-16)14-27/h3-6,15-18H,7-14H2,1-2H3. The SMILES string of the molecule is Cn1c(=O)c2c(nc3n(CCC45CC6CC(CC(C6)C4)C5)c(-c4ccc(Cl)cc4)cn23)n(C)c1=O. The lowest BCUT2D eigenvalue weighted by molar-refractivity contribution is -0.0590. The molecule has 0 amide bonds. The summed E-state index contributed by atoms with van der Waals surface area (Å²) < 4.78 is 6.76. The highest BCUT2D eigenvalue weighted by atomic mass is 35.5. The number of aryl methyl sites for hydroxylation is 2. The Morgan fingerprint density at radius 1 is 0.971 bits per heavy atom. The zero-order valence-electron chi connectivity index (χ0n) is 20.2. The Morgan fingerprint density at radius 2 is 1.60 bits per heavy atom. The summed E-state index contributed by atoms with van der Waals surface area (Å²) in [5, 5.41) is 0.694. The van der Waals surface area contributed by atoms with Crippen LogP contribution in [-0.2, 0) is 20.6 Å². The van der Waals surface area contributed by atoms with Crippen LogP contribution in [0.3, 0.4) is 0 Å². The minimum Gasteiger partial charge on any atom is -0.310 e. The first kappa shape index (κ1) is 21.5. The van der Waals surface area contributed by atoms with Crippen LogP contribution in [0.5, 0.6) is 0 Å². The third-order valence-corrected chi connectivity index (χ3v) is 9.48. The monoisotopic (exact) mass is 491 g/mol. The third kappa shape index (κ3) is 3.13. The molecule has 0 saturated heterocycles. The van der Waals surface area contributed by atoms with Gasteiger partial charge in [-0.2, -0.15) is 4.98 Å². The molecule has 8 rings (SSSR count). The van der Waals surface area contributed by atoms with Gasteiger partial charge in [0.2, 0.25) is 5.78 Å². The van der Waals surface area contributed by atoms with Crippen molar-refractivity contribution >= 4 is 28.5 Å². The summed E-state index contributed by atoms with van der Waals surface area (Å²) in [6.07, 6.45) is 11.5. The molecule has 0 radical (unpaired) electrons. The van der Waals surface area contributed by atoms with Crippen molar-refractivity contribution in [3.05, 3.63) is 56.3 Å². The largest absolute Gasteiger partial charge is 0.332 e. The van der Waals surface area contributed by atoms with E-state index in [9.17, 15) is 9.59 Å². The number of rotatable bonds is 4. The molecule has 4 aliphatic carbocycles. The molecule has 0 atom stereocenters. The van der Waals surface area contributed by atoms with Gasteiger partial charge in [-0.3, -0.25) is 18.3 Å². The van der Waals surface area contributed by atoms with Gasteiger partial charge < -0.3 is 4.57 Å². The van der Waals surface area contributed by atoms with E-state index in [0.29, 0.717) is 27.4 Å². The Hall–Kier alpha value is -2.80. The summed E-state index contributed by atoms with van der Waals surface area (Å²) in [7, 11) is 3.20. The number of halogens is 1. The zero-order valence-corrected chi connectivity index (χ0v) is 21.0. The lowest BCUT2D eigenvalue weighted by Gasteiger charge is -2.57. The smallest absolute Gasteiger partial charge is 0.310 e. The number of hydrogen-bond acceptors (Lipinski definition) is 3. The zero-order chi connectivity index (χ0) is 24.1. The van der Waals surface area contributed by atoms with Crippen LogP contribution in [0.2, 0.25) is 5.02 Å². The van der Waals surface area contributed by atoms with Crippen LogP contribution in [0, 0.1) is 23.2 Å². The Balaban J connectivity index is 1.39. The van der Waals surface area contributed by atoms with E-state index in [4.69, 9.17) is 16.6 Å². The van der Waals surface area contributed by atoms with Crippen LogP contribution in [0.15, 0.2) is 40.1 Å². The van der Waals surface area contributed by atoms with Crippen molar-refractivity contribution in [1.82, 2.24) is 23.1 Å². The van der Waals surface area contributed by atoms with Gasteiger partial charge in [0.1, 0.15) is 0 Å². The highest BCUT2D eigenvalue weighted by Gasteiger charge is 2.50. The summed E-state index contributed by atoms with van der Waals surface area (Å²) >= 11 is 6.18. The fourth-order valence-electron chi connectivity index (χ4n) is 8.03. The van der Waals surface area contributed by atoms with Gasteiger partial charge in [-0.05, 0) is 85.8 Å². The number of imidazole rings is 2. The van der Waals surface area contributed by atoms with E-state index >= 15 is 0 Å². The minimum atomic E-state index is -0.360. The number of nitrogens with zero attached hydrogens (tertiary/aromatic N) is 5. The van der Waals surface area contributed by atoms with Gasteiger partial charge in [-0.1, -0.05) is 23.7 Å². The van der Waals surface area contributed by atoms with Crippen molar-refractivity contribution in [2.45, 2.75) is 51.5 Å². The second kappa shape index (κ2) is 7.36. The molecule has 4 bridgehead atoms. The van der Waals surface area contributed by atoms with Crippen molar-refractivity contribution in [1.29, 1.82) is 0 Å². The molecule has 35 heavy (non-hydrogen) atoms. The molecule has 0 N–H and O–H groups in total. The topological polar surface area (TPSA) is 66.2 Å². The highest BCUT2D eigenvalue weighted by molar-refractivity contribution is 6.30. The first-order valence-electron chi connectivity index (χ1n) is 12.8. The van der Waals surface area contributed by atoms with E-state index in [1.165, 1.54) is 50.1 Å². The van der Waals surface area contributed by atoms with Crippen LogP contribution in [0.25, 0.3) is 28.2 Å². The Morgan fingerprint density at radius 3 is 2.23 bits per heavy atom. The van der Waals surface area contributed by atoms with Crippen LogP contribution in [0.4, 0.5) is 0 Å². The predicted octanol–water partition coefficient (Wildman–Crippen LogP) is 4.61. The minimum absolute atomic E-state index is 0.323. The van der Waals surface area contributed by atoms with Crippen LogP contribution in [0.1, 0.15) is 44.9 Å². The van der Waals surface area contributed by atoms with Gasteiger partial charge >= 0.3 is 5.69 Å². The normalized spacial score (nSPS) is 27.5. The summed E-state index contributed by atoms with van der Waals surface area (Å²) in [6.45, 7) is 0.845. The van der Waals surface area contributed by atoms with Crippen LogP contribution in [-0.4, -0.2) is 23.1 Å². The lowest BCUT2D eigenvalue weighted by atomic mass is 9.49. The number of fused-ring (bicyclic) bond motifs is 3.